The van der Waals surface area contributed by atoms with E-state index in [0.29, 0.717) is 11.5 Å². The summed E-state index contributed by atoms with van der Waals surface area (Å²) in [5, 5.41) is 9.95. The van der Waals surface area contributed by atoms with Crippen LogP contribution in [-0.4, -0.2) is 19.3 Å². The second-order valence-electron chi connectivity index (χ2n) is 3.86. The highest BCUT2D eigenvalue weighted by Gasteiger charge is 2.14. The van der Waals surface area contributed by atoms with E-state index in [1.807, 2.05) is 25.1 Å². The minimum atomic E-state index is -0.704. The lowest BCUT2D eigenvalue weighted by Gasteiger charge is -2.16. The van der Waals surface area contributed by atoms with Crippen molar-refractivity contribution in [3.05, 3.63) is 48.1 Å². The Morgan fingerprint density at radius 1 is 1.28 bits per heavy atom. The topological polar surface area (TPSA) is 38.7 Å². The molecule has 98 valence electrons. The highest BCUT2D eigenvalue weighted by Crippen LogP contribution is 2.33. The molecule has 0 amide bonds. The first-order chi connectivity index (χ1) is 8.67. The van der Waals surface area contributed by atoms with Crippen molar-refractivity contribution in [2.24, 2.45) is 0 Å². The van der Waals surface area contributed by atoms with E-state index in [0.717, 1.165) is 17.5 Å². The molecule has 0 saturated carbocycles. The van der Waals surface area contributed by atoms with Gasteiger partial charge in [0.15, 0.2) is 11.5 Å². The van der Waals surface area contributed by atoms with Gasteiger partial charge in [-0.2, -0.15) is 0 Å². The number of ether oxygens (including phenoxy) is 2. The zero-order valence-electron chi connectivity index (χ0n) is 11.1. The van der Waals surface area contributed by atoms with Gasteiger partial charge in [-0.05, 0) is 36.6 Å². The Bertz CT molecular complexity index is 436. The summed E-state index contributed by atoms with van der Waals surface area (Å²) in [6.45, 7) is 5.58. The van der Waals surface area contributed by atoms with Crippen molar-refractivity contribution in [2.45, 2.75) is 19.4 Å². The molecule has 3 heteroatoms. The number of methoxy groups -OCH3 is 2. The number of hydrogen-bond acceptors (Lipinski definition) is 3. The average molecular weight is 248 g/mol. The molecule has 0 spiro atoms. The summed E-state index contributed by atoms with van der Waals surface area (Å²) in [4.78, 5) is 0. The van der Waals surface area contributed by atoms with Gasteiger partial charge >= 0.3 is 0 Å². The molecule has 0 radical (unpaired) electrons. The zero-order valence-corrected chi connectivity index (χ0v) is 11.1. The smallest absolute Gasteiger partial charge is 0.161 e. The van der Waals surface area contributed by atoms with Gasteiger partial charge in [0.1, 0.15) is 0 Å². The van der Waals surface area contributed by atoms with E-state index in [-0.39, 0.29) is 0 Å². The average Bonchev–Trinajstić information content (AvgIpc) is 2.43. The highest BCUT2D eigenvalue weighted by molar-refractivity contribution is 5.49. The second kappa shape index (κ2) is 6.87. The highest BCUT2D eigenvalue weighted by atomic mass is 16.5. The molecule has 0 bridgehead atoms. The van der Waals surface area contributed by atoms with Crippen LogP contribution < -0.4 is 9.47 Å². The fourth-order valence-corrected chi connectivity index (χ4v) is 1.76. The monoisotopic (exact) mass is 248 g/mol. The number of benzene rings is 1. The van der Waals surface area contributed by atoms with Gasteiger partial charge in [0.25, 0.3) is 0 Å². The van der Waals surface area contributed by atoms with Gasteiger partial charge < -0.3 is 14.6 Å². The van der Waals surface area contributed by atoms with Crippen LogP contribution in [0.25, 0.3) is 0 Å². The second-order valence-corrected chi connectivity index (χ2v) is 3.86. The van der Waals surface area contributed by atoms with Crippen molar-refractivity contribution in [3.63, 3.8) is 0 Å². The normalized spacial score (nSPS) is 12.4. The zero-order chi connectivity index (χ0) is 13.5. The molecule has 0 aliphatic rings. The standard InChI is InChI=1S/C15H20O3/c1-5-7-8-11-9-14(17-3)15(18-4)10-12(11)13(16)6-2/h5-7,9-10,13,16H,2,8H2,1,3-4H3/b7-5-. The minimum Gasteiger partial charge on any atom is -0.493 e. The number of allylic oxidation sites excluding steroid dienone is 2. The molecule has 0 aliphatic carbocycles. The van der Waals surface area contributed by atoms with Crippen LogP contribution in [0.2, 0.25) is 0 Å². The van der Waals surface area contributed by atoms with Crippen LogP contribution in [0.3, 0.4) is 0 Å². The van der Waals surface area contributed by atoms with E-state index < -0.39 is 6.10 Å². The third-order valence-corrected chi connectivity index (χ3v) is 2.76. The van der Waals surface area contributed by atoms with Crippen molar-refractivity contribution in [1.29, 1.82) is 0 Å². The molecule has 1 aromatic carbocycles. The van der Waals surface area contributed by atoms with Gasteiger partial charge in [0.05, 0.1) is 20.3 Å². The van der Waals surface area contributed by atoms with Gasteiger partial charge in [0.2, 0.25) is 0 Å². The predicted molar refractivity (Wildman–Crippen MR) is 73.2 cm³/mol. The van der Waals surface area contributed by atoms with Crippen LogP contribution in [0, 0.1) is 0 Å². The fourth-order valence-electron chi connectivity index (χ4n) is 1.76. The summed E-state index contributed by atoms with van der Waals surface area (Å²) < 4.78 is 10.5. The van der Waals surface area contributed by atoms with E-state index in [1.165, 1.54) is 6.08 Å². The molecule has 3 nitrogen and oxygen atoms in total. The van der Waals surface area contributed by atoms with Crippen LogP contribution in [0.15, 0.2) is 36.9 Å². The summed E-state index contributed by atoms with van der Waals surface area (Å²) in [5.74, 6) is 1.27. The molecule has 0 saturated heterocycles. The number of rotatable bonds is 6. The molecule has 1 atom stereocenters. The third-order valence-electron chi connectivity index (χ3n) is 2.76. The minimum absolute atomic E-state index is 0.609. The molecule has 1 unspecified atom stereocenters. The molecule has 0 fully saturated rings. The summed E-state index contributed by atoms with van der Waals surface area (Å²) in [7, 11) is 3.18. The molecule has 1 rings (SSSR count). The van der Waals surface area contributed by atoms with Gasteiger partial charge in [0, 0.05) is 0 Å². The van der Waals surface area contributed by atoms with Gasteiger partial charge in [-0.3, -0.25) is 0 Å². The SMILES string of the molecule is C=CC(O)c1cc(OC)c(OC)cc1C/C=C\C. The van der Waals surface area contributed by atoms with Crippen LogP contribution in [0.1, 0.15) is 24.2 Å². The van der Waals surface area contributed by atoms with Crippen LogP contribution in [0.5, 0.6) is 11.5 Å². The van der Waals surface area contributed by atoms with Crippen LogP contribution in [-0.2, 0) is 6.42 Å². The Morgan fingerprint density at radius 2 is 1.89 bits per heavy atom. The first-order valence-corrected chi connectivity index (χ1v) is 5.84. The largest absolute Gasteiger partial charge is 0.493 e. The number of hydrogen-bond donors (Lipinski definition) is 1. The van der Waals surface area contributed by atoms with Crippen molar-refractivity contribution in [2.75, 3.05) is 14.2 Å². The van der Waals surface area contributed by atoms with Crippen molar-refractivity contribution in [3.8, 4) is 11.5 Å². The third kappa shape index (κ3) is 3.14. The molecule has 0 aromatic heterocycles. The maximum Gasteiger partial charge on any atom is 0.161 e. The number of aliphatic hydroxyl groups excluding tert-OH is 1. The van der Waals surface area contributed by atoms with E-state index in [2.05, 4.69) is 6.58 Å². The lowest BCUT2D eigenvalue weighted by atomic mass is 9.98. The van der Waals surface area contributed by atoms with E-state index in [4.69, 9.17) is 9.47 Å². The molecule has 1 aromatic rings. The van der Waals surface area contributed by atoms with Crippen molar-refractivity contribution >= 4 is 0 Å². The Morgan fingerprint density at radius 3 is 2.39 bits per heavy atom. The molecular formula is C15H20O3. The number of aliphatic hydroxyl groups is 1. The summed E-state index contributed by atoms with van der Waals surface area (Å²) >= 11 is 0. The van der Waals surface area contributed by atoms with E-state index >= 15 is 0 Å². The Kier molecular flexibility index (Phi) is 5.46. The molecule has 0 heterocycles. The van der Waals surface area contributed by atoms with Gasteiger partial charge in [-0.1, -0.05) is 18.2 Å². The van der Waals surface area contributed by atoms with E-state index in [1.54, 1.807) is 20.3 Å². The van der Waals surface area contributed by atoms with Gasteiger partial charge in [-0.25, -0.2) is 0 Å². The molecule has 0 aliphatic heterocycles. The fraction of sp³-hybridized carbons (Fsp3) is 0.333. The lowest BCUT2D eigenvalue weighted by Crippen LogP contribution is -2.02. The quantitative estimate of drug-likeness (QED) is 0.786. The lowest BCUT2D eigenvalue weighted by molar-refractivity contribution is 0.227. The van der Waals surface area contributed by atoms with Crippen molar-refractivity contribution in [1.82, 2.24) is 0 Å². The summed E-state index contributed by atoms with van der Waals surface area (Å²) in [5.41, 5.74) is 1.79. The molecule has 18 heavy (non-hydrogen) atoms. The maximum absolute atomic E-state index is 9.95. The Hall–Kier alpha value is -1.74. The molecular weight excluding hydrogens is 228 g/mol. The maximum atomic E-state index is 9.95. The summed E-state index contributed by atoms with van der Waals surface area (Å²) in [6.07, 6.45) is 5.53. The van der Waals surface area contributed by atoms with Crippen LogP contribution in [0.4, 0.5) is 0 Å². The predicted octanol–water partition coefficient (Wildman–Crippen LogP) is 3.04. The molecule has 1 N–H and O–H groups in total. The first-order valence-electron chi connectivity index (χ1n) is 5.84. The van der Waals surface area contributed by atoms with Gasteiger partial charge in [-0.15, -0.1) is 6.58 Å². The summed E-state index contributed by atoms with van der Waals surface area (Å²) in [6, 6.07) is 3.69. The van der Waals surface area contributed by atoms with Crippen molar-refractivity contribution < 1.29 is 14.6 Å². The van der Waals surface area contributed by atoms with E-state index in [9.17, 15) is 5.11 Å². The Labute approximate surface area is 108 Å². The first kappa shape index (κ1) is 14.3. The van der Waals surface area contributed by atoms with Crippen LogP contribution >= 0.6 is 0 Å². The Balaban J connectivity index is 3.30.